The van der Waals surface area contributed by atoms with E-state index in [0.717, 1.165) is 24.5 Å². The van der Waals surface area contributed by atoms with Gasteiger partial charge in [0.1, 0.15) is 0 Å². The first-order valence-corrected chi connectivity index (χ1v) is 8.07. The summed E-state index contributed by atoms with van der Waals surface area (Å²) in [6.45, 7) is 5.23. The Hall–Kier alpha value is -1.72. The number of carbonyl (C=O) groups is 1. The van der Waals surface area contributed by atoms with Crippen molar-refractivity contribution in [3.05, 3.63) is 46.5 Å². The third-order valence-corrected chi connectivity index (χ3v) is 4.46. The topological polar surface area (TPSA) is 45.2 Å². The van der Waals surface area contributed by atoms with Crippen LogP contribution in [-0.4, -0.2) is 28.9 Å². The van der Waals surface area contributed by atoms with Crippen LogP contribution in [0.5, 0.6) is 0 Å². The molecule has 1 N–H and O–H groups in total. The number of rotatable bonds is 4. The minimum atomic E-state index is -0.0902. The molecule has 2 aromatic rings. The van der Waals surface area contributed by atoms with Gasteiger partial charge in [0.15, 0.2) is 5.13 Å². The lowest BCUT2D eigenvalue weighted by Crippen LogP contribution is -2.19. The molecular weight excluding hydrogens is 282 g/mol. The number of amides is 1. The van der Waals surface area contributed by atoms with Gasteiger partial charge in [0.25, 0.3) is 5.91 Å². The van der Waals surface area contributed by atoms with Crippen molar-refractivity contribution in [2.75, 3.05) is 18.4 Å². The van der Waals surface area contributed by atoms with E-state index in [1.807, 2.05) is 25.1 Å². The Balaban J connectivity index is 1.68. The smallest absolute Gasteiger partial charge is 0.257 e. The Kier molecular flexibility index (Phi) is 4.31. The predicted molar refractivity (Wildman–Crippen MR) is 85.8 cm³/mol. The van der Waals surface area contributed by atoms with Crippen LogP contribution in [0, 0.1) is 6.92 Å². The second-order valence-corrected chi connectivity index (χ2v) is 6.65. The van der Waals surface area contributed by atoms with Crippen molar-refractivity contribution in [1.82, 2.24) is 9.88 Å². The van der Waals surface area contributed by atoms with Crippen LogP contribution in [0.4, 0.5) is 5.13 Å². The van der Waals surface area contributed by atoms with E-state index in [1.54, 1.807) is 6.20 Å². The summed E-state index contributed by atoms with van der Waals surface area (Å²) >= 11 is 1.49. The van der Waals surface area contributed by atoms with Crippen molar-refractivity contribution in [2.24, 2.45) is 0 Å². The molecule has 0 saturated carbocycles. The fourth-order valence-corrected chi connectivity index (χ4v) is 3.25. The Morgan fingerprint density at radius 2 is 2.19 bits per heavy atom. The normalized spacial score (nSPS) is 15.3. The standard InChI is InChI=1S/C16H19N3OS/c1-12-10-17-16(21-12)18-15(20)14-6-4-5-13(9-14)11-19-7-2-3-8-19/h4-6,9-10H,2-3,7-8,11H2,1H3,(H,17,18,20). The predicted octanol–water partition coefficient (Wildman–Crippen LogP) is 3.30. The minimum absolute atomic E-state index is 0.0902. The average molecular weight is 301 g/mol. The first-order valence-electron chi connectivity index (χ1n) is 7.26. The highest BCUT2D eigenvalue weighted by atomic mass is 32.1. The van der Waals surface area contributed by atoms with Gasteiger partial charge < -0.3 is 0 Å². The van der Waals surface area contributed by atoms with E-state index < -0.39 is 0 Å². The largest absolute Gasteiger partial charge is 0.299 e. The second kappa shape index (κ2) is 6.37. The van der Waals surface area contributed by atoms with E-state index >= 15 is 0 Å². The van der Waals surface area contributed by atoms with Gasteiger partial charge in [-0.15, -0.1) is 11.3 Å². The maximum atomic E-state index is 12.3. The molecule has 1 saturated heterocycles. The molecule has 3 rings (SSSR count). The van der Waals surface area contributed by atoms with Crippen LogP contribution in [0.15, 0.2) is 30.5 Å². The number of aromatic nitrogens is 1. The van der Waals surface area contributed by atoms with Gasteiger partial charge in [-0.2, -0.15) is 0 Å². The van der Waals surface area contributed by atoms with Gasteiger partial charge in [0.05, 0.1) is 0 Å². The zero-order valence-corrected chi connectivity index (χ0v) is 12.9. The van der Waals surface area contributed by atoms with Crippen LogP contribution >= 0.6 is 11.3 Å². The molecule has 110 valence electrons. The Bertz CT molecular complexity index is 632. The zero-order chi connectivity index (χ0) is 14.7. The Morgan fingerprint density at radius 3 is 2.90 bits per heavy atom. The molecule has 0 radical (unpaired) electrons. The highest BCUT2D eigenvalue weighted by Gasteiger charge is 2.13. The third-order valence-electron chi connectivity index (χ3n) is 3.64. The van der Waals surface area contributed by atoms with Gasteiger partial charge in [0.2, 0.25) is 0 Å². The van der Waals surface area contributed by atoms with Gasteiger partial charge in [-0.1, -0.05) is 12.1 Å². The molecule has 1 aliphatic heterocycles. The highest BCUT2D eigenvalue weighted by Crippen LogP contribution is 2.18. The van der Waals surface area contributed by atoms with E-state index in [0.29, 0.717) is 10.7 Å². The maximum absolute atomic E-state index is 12.3. The summed E-state index contributed by atoms with van der Waals surface area (Å²) < 4.78 is 0. The number of likely N-dealkylation sites (tertiary alicyclic amines) is 1. The summed E-state index contributed by atoms with van der Waals surface area (Å²) in [5, 5.41) is 3.51. The van der Waals surface area contributed by atoms with Gasteiger partial charge >= 0.3 is 0 Å². The summed E-state index contributed by atoms with van der Waals surface area (Å²) in [4.78, 5) is 19.9. The van der Waals surface area contributed by atoms with E-state index in [9.17, 15) is 4.79 Å². The van der Waals surface area contributed by atoms with Crippen molar-refractivity contribution in [1.29, 1.82) is 0 Å². The van der Waals surface area contributed by atoms with Crippen molar-refractivity contribution < 1.29 is 4.79 Å². The minimum Gasteiger partial charge on any atom is -0.299 e. The second-order valence-electron chi connectivity index (χ2n) is 5.41. The first-order chi connectivity index (χ1) is 10.2. The molecule has 0 aliphatic carbocycles. The van der Waals surface area contributed by atoms with E-state index in [-0.39, 0.29) is 5.91 Å². The third kappa shape index (κ3) is 3.68. The van der Waals surface area contributed by atoms with Gasteiger partial charge in [-0.25, -0.2) is 4.98 Å². The number of hydrogen-bond acceptors (Lipinski definition) is 4. The molecule has 1 aliphatic rings. The lowest BCUT2D eigenvalue weighted by Gasteiger charge is -2.14. The zero-order valence-electron chi connectivity index (χ0n) is 12.1. The van der Waals surface area contributed by atoms with Gasteiger partial charge in [-0.3, -0.25) is 15.0 Å². The van der Waals surface area contributed by atoms with E-state index in [4.69, 9.17) is 0 Å². The van der Waals surface area contributed by atoms with E-state index in [2.05, 4.69) is 21.3 Å². The quantitative estimate of drug-likeness (QED) is 0.942. The summed E-state index contributed by atoms with van der Waals surface area (Å²) in [5.74, 6) is -0.0902. The molecule has 1 aromatic carbocycles. The van der Waals surface area contributed by atoms with Crippen molar-refractivity contribution in [2.45, 2.75) is 26.3 Å². The first kappa shape index (κ1) is 14.2. The highest BCUT2D eigenvalue weighted by molar-refractivity contribution is 7.15. The molecule has 21 heavy (non-hydrogen) atoms. The van der Waals surface area contributed by atoms with Crippen LogP contribution in [-0.2, 0) is 6.54 Å². The van der Waals surface area contributed by atoms with E-state index in [1.165, 1.54) is 29.7 Å². The number of nitrogens with one attached hydrogen (secondary N) is 1. The summed E-state index contributed by atoms with van der Waals surface area (Å²) in [6, 6.07) is 7.87. The fourth-order valence-electron chi connectivity index (χ4n) is 2.59. The molecule has 1 fully saturated rings. The molecule has 0 atom stereocenters. The number of aryl methyl sites for hydroxylation is 1. The molecule has 4 nitrogen and oxygen atoms in total. The molecule has 1 amide bonds. The van der Waals surface area contributed by atoms with Crippen LogP contribution in [0.1, 0.15) is 33.6 Å². The number of anilines is 1. The fraction of sp³-hybridized carbons (Fsp3) is 0.375. The molecule has 0 spiro atoms. The molecule has 2 heterocycles. The molecule has 0 bridgehead atoms. The average Bonchev–Trinajstić information content (AvgIpc) is 3.11. The lowest BCUT2D eigenvalue weighted by molar-refractivity contribution is 0.102. The maximum Gasteiger partial charge on any atom is 0.257 e. The monoisotopic (exact) mass is 301 g/mol. The lowest BCUT2D eigenvalue weighted by atomic mass is 10.1. The summed E-state index contributed by atoms with van der Waals surface area (Å²) in [6.07, 6.45) is 4.33. The molecular formula is C16H19N3OS. The van der Waals surface area contributed by atoms with Crippen LogP contribution in [0.2, 0.25) is 0 Å². The van der Waals surface area contributed by atoms with Crippen molar-refractivity contribution in [3.63, 3.8) is 0 Å². The van der Waals surface area contributed by atoms with Crippen LogP contribution in [0.25, 0.3) is 0 Å². The van der Waals surface area contributed by atoms with Gasteiger partial charge in [0, 0.05) is 23.2 Å². The number of hydrogen-bond donors (Lipinski definition) is 1. The summed E-state index contributed by atoms with van der Waals surface area (Å²) in [5.41, 5.74) is 1.89. The van der Waals surface area contributed by atoms with Crippen molar-refractivity contribution >= 4 is 22.4 Å². The van der Waals surface area contributed by atoms with Gasteiger partial charge in [-0.05, 0) is 50.6 Å². The number of thiazole rings is 1. The summed E-state index contributed by atoms with van der Waals surface area (Å²) in [7, 11) is 0. The Morgan fingerprint density at radius 1 is 1.38 bits per heavy atom. The van der Waals surface area contributed by atoms with Crippen LogP contribution in [0.3, 0.4) is 0 Å². The van der Waals surface area contributed by atoms with Crippen LogP contribution < -0.4 is 5.32 Å². The van der Waals surface area contributed by atoms with Crippen molar-refractivity contribution in [3.8, 4) is 0 Å². The molecule has 0 unspecified atom stereocenters. The number of nitrogens with zero attached hydrogens (tertiary/aromatic N) is 2. The SMILES string of the molecule is Cc1cnc(NC(=O)c2cccc(CN3CCCC3)c2)s1. The Labute approximate surface area is 128 Å². The molecule has 1 aromatic heterocycles. The molecule has 5 heteroatoms. The number of benzene rings is 1. The number of carbonyl (C=O) groups excluding carboxylic acids is 1.